The predicted molar refractivity (Wildman–Crippen MR) is 126 cm³/mol. The van der Waals surface area contributed by atoms with Gasteiger partial charge in [-0.25, -0.2) is 4.98 Å². The van der Waals surface area contributed by atoms with Crippen LogP contribution in [0, 0.1) is 0 Å². The number of pyridine rings is 1. The van der Waals surface area contributed by atoms with Crippen LogP contribution in [0.1, 0.15) is 54.5 Å². The van der Waals surface area contributed by atoms with Crippen molar-refractivity contribution in [2.45, 2.75) is 39.3 Å². The zero-order chi connectivity index (χ0) is 22.5. The molecule has 4 rings (SSSR count). The van der Waals surface area contributed by atoms with E-state index < -0.39 is 0 Å². The van der Waals surface area contributed by atoms with Gasteiger partial charge in [-0.15, -0.1) is 0 Å². The number of para-hydroxylation sites is 3. The van der Waals surface area contributed by atoms with Crippen LogP contribution >= 0.6 is 0 Å². The van der Waals surface area contributed by atoms with E-state index in [9.17, 15) is 4.79 Å². The molecule has 1 amide bonds. The molecule has 2 heterocycles. The maximum atomic E-state index is 12.6. The predicted octanol–water partition coefficient (Wildman–Crippen LogP) is 5.12. The second kappa shape index (κ2) is 9.64. The number of carbonyl (C=O) groups excluding carboxylic acids is 1. The Morgan fingerprint density at radius 3 is 2.59 bits per heavy atom. The SMILES string of the molecule is CC(C)c1ccccc1OCCn1c(C(C)NC(=O)c2cccnc2)nc2ccccc21. The Hall–Kier alpha value is -3.67. The average Bonchev–Trinajstić information content (AvgIpc) is 3.18. The summed E-state index contributed by atoms with van der Waals surface area (Å²) in [6.45, 7) is 7.39. The third-order valence-electron chi connectivity index (χ3n) is 5.46. The molecule has 0 saturated carbocycles. The van der Waals surface area contributed by atoms with Crippen molar-refractivity contribution >= 4 is 16.9 Å². The minimum atomic E-state index is -0.280. The summed E-state index contributed by atoms with van der Waals surface area (Å²) >= 11 is 0. The van der Waals surface area contributed by atoms with Crippen LogP contribution in [0.4, 0.5) is 0 Å². The van der Waals surface area contributed by atoms with Gasteiger partial charge in [-0.1, -0.05) is 44.2 Å². The lowest BCUT2D eigenvalue weighted by molar-refractivity contribution is 0.0937. The first-order chi connectivity index (χ1) is 15.5. The highest BCUT2D eigenvalue weighted by atomic mass is 16.5. The number of carbonyl (C=O) groups is 1. The summed E-state index contributed by atoms with van der Waals surface area (Å²) in [6, 6.07) is 19.4. The maximum Gasteiger partial charge on any atom is 0.253 e. The summed E-state index contributed by atoms with van der Waals surface area (Å²) in [5.41, 5.74) is 3.63. The van der Waals surface area contributed by atoms with Crippen molar-refractivity contribution in [1.82, 2.24) is 19.9 Å². The van der Waals surface area contributed by atoms with Crippen LogP contribution in [-0.4, -0.2) is 27.0 Å². The summed E-state index contributed by atoms with van der Waals surface area (Å²) in [5.74, 6) is 1.92. The van der Waals surface area contributed by atoms with Crippen molar-refractivity contribution in [1.29, 1.82) is 0 Å². The van der Waals surface area contributed by atoms with Gasteiger partial charge in [0.1, 0.15) is 18.2 Å². The largest absolute Gasteiger partial charge is 0.491 e. The topological polar surface area (TPSA) is 69.0 Å². The van der Waals surface area contributed by atoms with Gasteiger partial charge in [0.2, 0.25) is 0 Å². The van der Waals surface area contributed by atoms with E-state index in [0.717, 1.165) is 22.6 Å². The molecule has 164 valence electrons. The molecule has 4 aromatic rings. The molecule has 32 heavy (non-hydrogen) atoms. The quantitative estimate of drug-likeness (QED) is 0.423. The molecule has 0 fully saturated rings. The maximum absolute atomic E-state index is 12.6. The third kappa shape index (κ3) is 4.64. The second-order valence-corrected chi connectivity index (χ2v) is 8.09. The Bertz CT molecular complexity index is 1200. The molecule has 6 nitrogen and oxygen atoms in total. The van der Waals surface area contributed by atoms with Crippen molar-refractivity contribution in [2.24, 2.45) is 0 Å². The van der Waals surface area contributed by atoms with Crippen molar-refractivity contribution in [2.75, 3.05) is 6.61 Å². The normalized spacial score (nSPS) is 12.1. The zero-order valence-corrected chi connectivity index (χ0v) is 18.7. The summed E-state index contributed by atoms with van der Waals surface area (Å²) < 4.78 is 8.29. The van der Waals surface area contributed by atoms with Crippen LogP contribution in [0.3, 0.4) is 0 Å². The van der Waals surface area contributed by atoms with Gasteiger partial charge in [0.25, 0.3) is 5.91 Å². The molecule has 6 heteroatoms. The van der Waals surface area contributed by atoms with Gasteiger partial charge < -0.3 is 14.6 Å². The van der Waals surface area contributed by atoms with Crippen LogP contribution in [0.25, 0.3) is 11.0 Å². The average molecular weight is 429 g/mol. The van der Waals surface area contributed by atoms with Crippen molar-refractivity contribution < 1.29 is 9.53 Å². The molecule has 0 radical (unpaired) electrons. The number of rotatable bonds is 8. The van der Waals surface area contributed by atoms with Gasteiger partial charge in [-0.3, -0.25) is 9.78 Å². The van der Waals surface area contributed by atoms with Crippen molar-refractivity contribution in [3.63, 3.8) is 0 Å². The van der Waals surface area contributed by atoms with E-state index in [1.807, 2.05) is 49.4 Å². The first-order valence-electron chi connectivity index (χ1n) is 10.9. The van der Waals surface area contributed by atoms with E-state index in [0.29, 0.717) is 24.6 Å². The Morgan fingerprint density at radius 1 is 1.03 bits per heavy atom. The van der Waals surface area contributed by atoms with Crippen LogP contribution in [0.15, 0.2) is 73.1 Å². The first kappa shape index (κ1) is 21.6. The fraction of sp³-hybridized carbons (Fsp3) is 0.269. The van der Waals surface area contributed by atoms with Crippen LogP contribution in [0.5, 0.6) is 5.75 Å². The standard InChI is InChI=1S/C26H28N4O2/c1-18(2)21-10-4-7-13-24(21)32-16-15-30-23-12-6-5-11-22(23)29-25(30)19(3)28-26(31)20-9-8-14-27-17-20/h4-14,17-19H,15-16H2,1-3H3,(H,28,31). The molecule has 0 aliphatic rings. The fourth-order valence-corrected chi connectivity index (χ4v) is 3.84. The van der Waals surface area contributed by atoms with E-state index in [4.69, 9.17) is 9.72 Å². The minimum Gasteiger partial charge on any atom is -0.491 e. The smallest absolute Gasteiger partial charge is 0.253 e. The third-order valence-corrected chi connectivity index (χ3v) is 5.46. The number of hydrogen-bond donors (Lipinski definition) is 1. The number of hydrogen-bond acceptors (Lipinski definition) is 4. The molecule has 1 unspecified atom stereocenters. The lowest BCUT2D eigenvalue weighted by Crippen LogP contribution is -2.29. The molecule has 0 aliphatic carbocycles. The van der Waals surface area contributed by atoms with Gasteiger partial charge in [-0.05, 0) is 48.7 Å². The number of imidazole rings is 1. The number of aromatic nitrogens is 3. The molecule has 2 aromatic carbocycles. The molecule has 1 N–H and O–H groups in total. The number of ether oxygens (including phenoxy) is 1. The van der Waals surface area contributed by atoms with Crippen molar-refractivity contribution in [3.8, 4) is 5.75 Å². The zero-order valence-electron chi connectivity index (χ0n) is 18.7. The minimum absolute atomic E-state index is 0.175. The van der Waals surface area contributed by atoms with Gasteiger partial charge in [-0.2, -0.15) is 0 Å². The van der Waals surface area contributed by atoms with E-state index in [1.54, 1.807) is 24.5 Å². The first-order valence-corrected chi connectivity index (χ1v) is 10.9. The Morgan fingerprint density at radius 2 is 1.81 bits per heavy atom. The number of fused-ring (bicyclic) bond motifs is 1. The van der Waals surface area contributed by atoms with Gasteiger partial charge in [0.15, 0.2) is 0 Å². The molecular weight excluding hydrogens is 400 g/mol. The monoisotopic (exact) mass is 428 g/mol. The molecule has 0 bridgehead atoms. The Labute approximate surface area is 188 Å². The van der Waals surface area contributed by atoms with Crippen molar-refractivity contribution in [3.05, 3.63) is 90.0 Å². The number of amides is 1. The summed E-state index contributed by atoms with van der Waals surface area (Å²) in [5, 5.41) is 3.04. The number of benzene rings is 2. The Balaban J connectivity index is 1.55. The lowest BCUT2D eigenvalue weighted by atomic mass is 10.0. The van der Waals surface area contributed by atoms with E-state index in [1.165, 1.54) is 5.56 Å². The lowest BCUT2D eigenvalue weighted by Gasteiger charge is -2.18. The van der Waals surface area contributed by atoms with Gasteiger partial charge in [0, 0.05) is 12.4 Å². The summed E-state index contributed by atoms with van der Waals surface area (Å²) in [7, 11) is 0. The molecule has 0 spiro atoms. The van der Waals surface area contributed by atoms with E-state index in [-0.39, 0.29) is 11.9 Å². The van der Waals surface area contributed by atoms with E-state index in [2.05, 4.69) is 34.8 Å². The number of nitrogens with one attached hydrogen (secondary N) is 1. The van der Waals surface area contributed by atoms with Crippen LogP contribution < -0.4 is 10.1 Å². The van der Waals surface area contributed by atoms with E-state index >= 15 is 0 Å². The second-order valence-electron chi connectivity index (χ2n) is 8.09. The molecule has 0 saturated heterocycles. The molecular formula is C26H28N4O2. The molecule has 2 aromatic heterocycles. The Kier molecular flexibility index (Phi) is 6.50. The number of nitrogens with zero attached hydrogens (tertiary/aromatic N) is 3. The summed E-state index contributed by atoms with van der Waals surface area (Å²) in [6.07, 6.45) is 3.21. The van der Waals surface area contributed by atoms with Gasteiger partial charge >= 0.3 is 0 Å². The van der Waals surface area contributed by atoms with Gasteiger partial charge in [0.05, 0.1) is 29.2 Å². The van der Waals surface area contributed by atoms with Crippen LogP contribution in [0.2, 0.25) is 0 Å². The highest BCUT2D eigenvalue weighted by Gasteiger charge is 2.19. The molecule has 1 atom stereocenters. The highest BCUT2D eigenvalue weighted by Crippen LogP contribution is 2.26. The fourth-order valence-electron chi connectivity index (χ4n) is 3.84. The molecule has 0 aliphatic heterocycles. The highest BCUT2D eigenvalue weighted by molar-refractivity contribution is 5.94. The summed E-state index contributed by atoms with van der Waals surface area (Å²) in [4.78, 5) is 21.5. The van der Waals surface area contributed by atoms with Crippen LogP contribution in [-0.2, 0) is 6.54 Å².